The molecule has 0 saturated heterocycles. The summed E-state index contributed by atoms with van der Waals surface area (Å²) >= 11 is 1.46. The highest BCUT2D eigenvalue weighted by Gasteiger charge is 2.11. The van der Waals surface area contributed by atoms with Gasteiger partial charge in [0.1, 0.15) is 0 Å². The molecule has 7 heteroatoms. The number of amides is 1. The van der Waals surface area contributed by atoms with Gasteiger partial charge >= 0.3 is 5.97 Å². The summed E-state index contributed by atoms with van der Waals surface area (Å²) in [7, 11) is 1.32. The Morgan fingerprint density at radius 1 is 1.07 bits per heavy atom. The van der Waals surface area contributed by atoms with E-state index in [4.69, 9.17) is 4.74 Å². The van der Waals surface area contributed by atoms with Gasteiger partial charge in [-0.15, -0.1) is 0 Å². The molecule has 1 aromatic heterocycles. The zero-order valence-electron chi connectivity index (χ0n) is 15.2. The number of para-hydroxylation sites is 1. The fourth-order valence-corrected chi connectivity index (χ4v) is 3.70. The Labute approximate surface area is 160 Å². The third-order valence-corrected chi connectivity index (χ3v) is 5.06. The zero-order valence-corrected chi connectivity index (χ0v) is 16.0. The van der Waals surface area contributed by atoms with Crippen LogP contribution in [0.25, 0.3) is 10.2 Å². The molecule has 1 heterocycles. The maximum Gasteiger partial charge on any atom is 0.337 e. The van der Waals surface area contributed by atoms with E-state index in [0.717, 1.165) is 10.2 Å². The molecule has 2 aromatic carbocycles. The number of fused-ring (bicyclic) bond motifs is 1. The van der Waals surface area contributed by atoms with E-state index < -0.39 is 5.97 Å². The van der Waals surface area contributed by atoms with E-state index in [1.807, 2.05) is 35.8 Å². The highest BCUT2D eigenvalue weighted by atomic mass is 32.1. The van der Waals surface area contributed by atoms with Gasteiger partial charge in [-0.3, -0.25) is 4.79 Å². The lowest BCUT2D eigenvalue weighted by molar-refractivity contribution is 0.0600. The van der Waals surface area contributed by atoms with Crippen LogP contribution in [0.3, 0.4) is 0 Å². The molecular formula is C20H20N2O4S. The predicted molar refractivity (Wildman–Crippen MR) is 104 cm³/mol. The van der Waals surface area contributed by atoms with Crippen LogP contribution in [0.5, 0.6) is 0 Å². The van der Waals surface area contributed by atoms with Crippen molar-refractivity contribution < 1.29 is 19.1 Å². The molecule has 0 N–H and O–H groups in total. The maximum atomic E-state index is 12.6. The molecule has 3 aromatic rings. The van der Waals surface area contributed by atoms with Crippen molar-refractivity contribution in [1.29, 1.82) is 0 Å². The smallest absolute Gasteiger partial charge is 0.337 e. The summed E-state index contributed by atoms with van der Waals surface area (Å²) < 4.78 is 13.2. The molecule has 0 radical (unpaired) electrons. The van der Waals surface area contributed by atoms with Gasteiger partial charge in [0, 0.05) is 18.7 Å². The first kappa shape index (κ1) is 19.0. The Morgan fingerprint density at radius 2 is 1.78 bits per heavy atom. The van der Waals surface area contributed by atoms with E-state index >= 15 is 0 Å². The molecular weight excluding hydrogens is 364 g/mol. The molecule has 0 aliphatic heterocycles. The van der Waals surface area contributed by atoms with Gasteiger partial charge in [-0.25, -0.2) is 4.79 Å². The second-order valence-electron chi connectivity index (χ2n) is 5.69. The number of esters is 1. The molecule has 6 nitrogen and oxygen atoms in total. The predicted octanol–water partition coefficient (Wildman–Crippen LogP) is 3.27. The number of aromatic nitrogens is 1. The highest BCUT2D eigenvalue weighted by Crippen LogP contribution is 2.17. The number of methoxy groups -OCH3 is 1. The number of rotatable bonds is 6. The van der Waals surface area contributed by atoms with Gasteiger partial charge in [0.25, 0.3) is 5.91 Å². The van der Waals surface area contributed by atoms with E-state index in [-0.39, 0.29) is 5.91 Å². The Morgan fingerprint density at radius 3 is 2.48 bits per heavy atom. The lowest BCUT2D eigenvalue weighted by Gasteiger charge is -2.05. The van der Waals surface area contributed by atoms with Crippen LogP contribution in [0.15, 0.2) is 53.5 Å². The Hall–Kier alpha value is -2.77. The van der Waals surface area contributed by atoms with E-state index in [1.54, 1.807) is 24.3 Å². The number of nitrogens with zero attached hydrogens (tertiary/aromatic N) is 2. The number of ether oxygens (including phenoxy) is 2. The van der Waals surface area contributed by atoms with Crippen molar-refractivity contribution in [2.24, 2.45) is 4.99 Å². The largest absolute Gasteiger partial charge is 0.465 e. The number of carbonyl (C=O) groups is 2. The standard InChI is InChI=1S/C20H20N2O4S/c1-3-26-13-12-22-16-6-4-5-7-17(16)27-20(22)21-18(23)14-8-10-15(11-9-14)19(24)25-2/h4-11H,3,12-13H2,1-2H3. The molecule has 0 bridgehead atoms. The molecule has 0 atom stereocenters. The zero-order chi connectivity index (χ0) is 19.2. The quantitative estimate of drug-likeness (QED) is 0.483. The average Bonchev–Trinajstić information content (AvgIpc) is 3.05. The Kier molecular flexibility index (Phi) is 6.16. The molecule has 0 saturated carbocycles. The number of thiazole rings is 1. The van der Waals surface area contributed by atoms with Crippen molar-refractivity contribution in [1.82, 2.24) is 4.57 Å². The minimum atomic E-state index is -0.441. The average molecular weight is 384 g/mol. The monoisotopic (exact) mass is 384 g/mol. The van der Waals surface area contributed by atoms with Crippen LogP contribution in [0.1, 0.15) is 27.6 Å². The minimum Gasteiger partial charge on any atom is -0.465 e. The normalized spacial score (nSPS) is 11.7. The van der Waals surface area contributed by atoms with Crippen molar-refractivity contribution in [2.75, 3.05) is 20.3 Å². The first-order valence-corrected chi connectivity index (χ1v) is 9.39. The Balaban J connectivity index is 1.95. The van der Waals surface area contributed by atoms with Crippen LogP contribution in [0.4, 0.5) is 0 Å². The van der Waals surface area contributed by atoms with Crippen molar-refractivity contribution in [2.45, 2.75) is 13.5 Å². The van der Waals surface area contributed by atoms with Gasteiger partial charge in [0.05, 0.1) is 29.5 Å². The van der Waals surface area contributed by atoms with Crippen LogP contribution < -0.4 is 4.80 Å². The number of hydrogen-bond acceptors (Lipinski definition) is 5. The van der Waals surface area contributed by atoms with Gasteiger partial charge in [-0.05, 0) is 43.3 Å². The summed E-state index contributed by atoms with van der Waals surface area (Å²) in [6.07, 6.45) is 0. The van der Waals surface area contributed by atoms with E-state index in [2.05, 4.69) is 9.73 Å². The van der Waals surface area contributed by atoms with Gasteiger partial charge < -0.3 is 14.0 Å². The van der Waals surface area contributed by atoms with E-state index in [9.17, 15) is 9.59 Å². The third kappa shape index (κ3) is 4.32. The van der Waals surface area contributed by atoms with Gasteiger partial charge in [0.15, 0.2) is 4.80 Å². The summed E-state index contributed by atoms with van der Waals surface area (Å²) in [6.45, 7) is 3.75. The van der Waals surface area contributed by atoms with Gasteiger partial charge in [-0.1, -0.05) is 23.5 Å². The first-order valence-electron chi connectivity index (χ1n) is 8.57. The van der Waals surface area contributed by atoms with Crippen LogP contribution in [-0.4, -0.2) is 36.8 Å². The summed E-state index contributed by atoms with van der Waals surface area (Å²) in [6, 6.07) is 14.2. The molecule has 27 heavy (non-hydrogen) atoms. The number of benzene rings is 2. The fraction of sp³-hybridized carbons (Fsp3) is 0.250. The summed E-state index contributed by atoms with van der Waals surface area (Å²) in [4.78, 5) is 29.0. The highest BCUT2D eigenvalue weighted by molar-refractivity contribution is 7.16. The van der Waals surface area contributed by atoms with Crippen LogP contribution >= 0.6 is 11.3 Å². The van der Waals surface area contributed by atoms with Gasteiger partial charge in [0.2, 0.25) is 0 Å². The lowest BCUT2D eigenvalue weighted by Crippen LogP contribution is -2.19. The summed E-state index contributed by atoms with van der Waals surface area (Å²) in [5.74, 6) is -0.799. The number of hydrogen-bond donors (Lipinski definition) is 0. The second-order valence-corrected chi connectivity index (χ2v) is 6.70. The van der Waals surface area contributed by atoms with Crippen LogP contribution in [0.2, 0.25) is 0 Å². The molecule has 0 unspecified atom stereocenters. The fourth-order valence-electron chi connectivity index (χ4n) is 2.64. The van der Waals surface area contributed by atoms with Crippen molar-refractivity contribution >= 4 is 33.4 Å². The van der Waals surface area contributed by atoms with E-state index in [1.165, 1.54) is 18.4 Å². The number of carbonyl (C=O) groups excluding carboxylic acids is 2. The van der Waals surface area contributed by atoms with Crippen LogP contribution in [0, 0.1) is 0 Å². The van der Waals surface area contributed by atoms with Crippen molar-refractivity contribution in [3.05, 3.63) is 64.5 Å². The molecule has 140 valence electrons. The molecule has 0 fully saturated rings. The molecule has 0 aliphatic rings. The molecule has 1 amide bonds. The molecule has 0 aliphatic carbocycles. The molecule has 0 spiro atoms. The maximum absolute atomic E-state index is 12.6. The van der Waals surface area contributed by atoms with Gasteiger partial charge in [-0.2, -0.15) is 4.99 Å². The minimum absolute atomic E-state index is 0.358. The molecule has 3 rings (SSSR count). The lowest BCUT2D eigenvalue weighted by atomic mass is 10.1. The van der Waals surface area contributed by atoms with Crippen LogP contribution in [-0.2, 0) is 16.0 Å². The topological polar surface area (TPSA) is 69.9 Å². The second kappa shape index (κ2) is 8.75. The van der Waals surface area contributed by atoms with Crippen molar-refractivity contribution in [3.8, 4) is 0 Å². The van der Waals surface area contributed by atoms with E-state index in [0.29, 0.717) is 35.7 Å². The first-order chi connectivity index (χ1) is 13.1. The summed E-state index contributed by atoms with van der Waals surface area (Å²) in [5, 5.41) is 0. The Bertz CT molecular complexity index is 1020. The third-order valence-electron chi connectivity index (χ3n) is 4.00. The SMILES string of the molecule is CCOCCn1c(=NC(=O)c2ccc(C(=O)OC)cc2)sc2ccccc21. The van der Waals surface area contributed by atoms with Crippen molar-refractivity contribution in [3.63, 3.8) is 0 Å². The summed E-state index contributed by atoms with van der Waals surface area (Å²) in [5.41, 5.74) is 1.83.